The van der Waals surface area contributed by atoms with Crippen molar-refractivity contribution < 1.29 is 14.3 Å². The van der Waals surface area contributed by atoms with E-state index in [1.165, 1.54) is 4.90 Å². The predicted molar refractivity (Wildman–Crippen MR) is 125 cm³/mol. The van der Waals surface area contributed by atoms with Crippen LogP contribution >= 0.6 is 11.6 Å². The number of aromatic nitrogens is 2. The van der Waals surface area contributed by atoms with Crippen LogP contribution in [0.3, 0.4) is 0 Å². The minimum absolute atomic E-state index is 0.276. The summed E-state index contributed by atoms with van der Waals surface area (Å²) >= 11 is 6.35. The fraction of sp³-hybridized carbons (Fsp3) is 0.455. The lowest BCUT2D eigenvalue weighted by atomic mass is 10.1. The lowest BCUT2D eigenvalue weighted by Gasteiger charge is -2.21. The van der Waals surface area contributed by atoms with Gasteiger partial charge in [0.25, 0.3) is 0 Å². The van der Waals surface area contributed by atoms with Gasteiger partial charge in [0, 0.05) is 48.3 Å². The van der Waals surface area contributed by atoms with Crippen LogP contribution in [0.2, 0.25) is 30.7 Å². The highest BCUT2D eigenvalue weighted by Gasteiger charge is 2.23. The van der Waals surface area contributed by atoms with E-state index >= 15 is 0 Å². The van der Waals surface area contributed by atoms with Gasteiger partial charge in [0.2, 0.25) is 0 Å². The number of amides is 1. The van der Waals surface area contributed by atoms with Crippen LogP contribution in [0.25, 0.3) is 11.0 Å². The molecule has 162 valence electrons. The van der Waals surface area contributed by atoms with Crippen LogP contribution in [0, 0.1) is 6.92 Å². The molecular formula is C22H30ClN3O3Si. The number of rotatable bonds is 7. The molecule has 0 fully saturated rings. The standard InChI is InChI=1S/C22H30ClN3O3Si/c1-14(2)19-12-16-10-18(23)11-17(21(16)29-19)13-26-15(3)9-20(24-26)25(22(27)28)7-8-30(4,5)6/h9-12,14H,7-8,13H2,1-6H3,(H,27,28). The molecule has 2 aromatic heterocycles. The highest BCUT2D eigenvalue weighted by Crippen LogP contribution is 2.31. The summed E-state index contributed by atoms with van der Waals surface area (Å²) in [5.41, 5.74) is 2.60. The molecule has 3 rings (SSSR count). The molecule has 8 heteroatoms. The first-order chi connectivity index (χ1) is 13.9. The molecule has 2 heterocycles. The Bertz CT molecular complexity index is 1070. The Labute approximate surface area is 183 Å². The Morgan fingerprint density at radius 2 is 1.97 bits per heavy atom. The second-order valence-corrected chi connectivity index (χ2v) is 15.4. The van der Waals surface area contributed by atoms with Gasteiger partial charge in [0.15, 0.2) is 5.82 Å². The number of hydrogen-bond donors (Lipinski definition) is 1. The number of halogens is 1. The molecule has 0 aliphatic carbocycles. The summed E-state index contributed by atoms with van der Waals surface area (Å²) in [5, 5.41) is 15.9. The van der Waals surface area contributed by atoms with Crippen molar-refractivity contribution in [3.63, 3.8) is 0 Å². The Hall–Kier alpha value is -2.25. The largest absolute Gasteiger partial charge is 0.465 e. The van der Waals surface area contributed by atoms with Crippen molar-refractivity contribution in [2.45, 2.75) is 58.9 Å². The number of aryl methyl sites for hydroxylation is 1. The van der Waals surface area contributed by atoms with Gasteiger partial charge in [-0.05, 0) is 31.2 Å². The number of benzene rings is 1. The van der Waals surface area contributed by atoms with Crippen LogP contribution in [0.15, 0.2) is 28.7 Å². The molecule has 3 aromatic rings. The van der Waals surface area contributed by atoms with Crippen molar-refractivity contribution in [1.29, 1.82) is 0 Å². The second kappa shape index (κ2) is 8.47. The average Bonchev–Trinajstić information content (AvgIpc) is 3.18. The number of nitrogens with zero attached hydrogens (tertiary/aromatic N) is 3. The van der Waals surface area contributed by atoms with Crippen molar-refractivity contribution in [1.82, 2.24) is 9.78 Å². The van der Waals surface area contributed by atoms with Crippen LogP contribution in [0.4, 0.5) is 10.6 Å². The first kappa shape index (κ1) is 22.4. The lowest BCUT2D eigenvalue weighted by Crippen LogP contribution is -2.35. The molecule has 0 atom stereocenters. The van der Waals surface area contributed by atoms with E-state index in [1.54, 1.807) is 0 Å². The highest BCUT2D eigenvalue weighted by molar-refractivity contribution is 6.76. The lowest BCUT2D eigenvalue weighted by molar-refractivity contribution is 0.202. The zero-order valence-electron chi connectivity index (χ0n) is 18.5. The topological polar surface area (TPSA) is 71.5 Å². The van der Waals surface area contributed by atoms with E-state index in [4.69, 9.17) is 16.0 Å². The second-order valence-electron chi connectivity index (χ2n) is 9.33. The summed E-state index contributed by atoms with van der Waals surface area (Å²) in [5.74, 6) is 1.64. The molecule has 30 heavy (non-hydrogen) atoms. The first-order valence-corrected chi connectivity index (χ1v) is 14.3. The molecule has 0 radical (unpaired) electrons. The fourth-order valence-electron chi connectivity index (χ4n) is 3.31. The van der Waals surface area contributed by atoms with Crippen molar-refractivity contribution in [2.75, 3.05) is 11.4 Å². The third-order valence-electron chi connectivity index (χ3n) is 5.13. The highest BCUT2D eigenvalue weighted by atomic mass is 35.5. The number of carbonyl (C=O) groups is 1. The van der Waals surface area contributed by atoms with Gasteiger partial charge in [-0.15, -0.1) is 0 Å². The van der Waals surface area contributed by atoms with Gasteiger partial charge in [0.05, 0.1) is 6.54 Å². The van der Waals surface area contributed by atoms with Gasteiger partial charge in [-0.25, -0.2) is 4.79 Å². The molecule has 0 bridgehead atoms. The number of fused-ring (bicyclic) bond motifs is 1. The Morgan fingerprint density at radius 1 is 1.27 bits per heavy atom. The molecule has 0 spiro atoms. The van der Waals surface area contributed by atoms with Gasteiger partial charge in [-0.2, -0.15) is 5.10 Å². The normalized spacial score (nSPS) is 12.1. The first-order valence-electron chi connectivity index (χ1n) is 10.2. The van der Waals surface area contributed by atoms with Crippen LogP contribution in [0.5, 0.6) is 0 Å². The summed E-state index contributed by atoms with van der Waals surface area (Å²) in [6, 6.07) is 8.52. The maximum absolute atomic E-state index is 11.8. The zero-order valence-corrected chi connectivity index (χ0v) is 20.2. The van der Waals surface area contributed by atoms with Gasteiger partial charge >= 0.3 is 6.09 Å². The van der Waals surface area contributed by atoms with Gasteiger partial charge in [0.1, 0.15) is 11.3 Å². The summed E-state index contributed by atoms with van der Waals surface area (Å²) in [6.45, 7) is 13.7. The molecule has 0 saturated carbocycles. The maximum atomic E-state index is 11.8. The zero-order chi connectivity index (χ0) is 22.2. The maximum Gasteiger partial charge on any atom is 0.413 e. The smallest absolute Gasteiger partial charge is 0.413 e. The van der Waals surface area contributed by atoms with E-state index in [0.29, 0.717) is 23.9 Å². The Balaban J connectivity index is 1.93. The van der Waals surface area contributed by atoms with Crippen LogP contribution in [0.1, 0.15) is 36.8 Å². The molecule has 1 amide bonds. The number of anilines is 1. The van der Waals surface area contributed by atoms with E-state index in [1.807, 2.05) is 35.9 Å². The SMILES string of the molecule is Cc1cc(N(CC[Si](C)(C)C)C(=O)O)nn1Cc1cc(Cl)cc2cc(C(C)C)oc12. The molecule has 1 N–H and O–H groups in total. The van der Waals surface area contributed by atoms with Gasteiger partial charge in [-0.1, -0.05) is 45.1 Å². The van der Waals surface area contributed by atoms with E-state index in [-0.39, 0.29) is 5.92 Å². The number of furan rings is 1. The molecular weight excluding hydrogens is 418 g/mol. The monoisotopic (exact) mass is 447 g/mol. The minimum atomic E-state index is -1.38. The van der Waals surface area contributed by atoms with Crippen molar-refractivity contribution >= 4 is 42.6 Å². The van der Waals surface area contributed by atoms with E-state index in [0.717, 1.165) is 34.0 Å². The summed E-state index contributed by atoms with van der Waals surface area (Å²) in [7, 11) is -1.38. The molecule has 1 aromatic carbocycles. The summed E-state index contributed by atoms with van der Waals surface area (Å²) < 4.78 is 7.90. The van der Waals surface area contributed by atoms with Gasteiger partial charge < -0.3 is 9.52 Å². The van der Waals surface area contributed by atoms with E-state index in [2.05, 4.69) is 38.6 Å². The van der Waals surface area contributed by atoms with Gasteiger partial charge in [-0.3, -0.25) is 9.58 Å². The van der Waals surface area contributed by atoms with Crippen LogP contribution in [-0.2, 0) is 6.54 Å². The average molecular weight is 448 g/mol. The molecule has 0 aliphatic heterocycles. The van der Waals surface area contributed by atoms with E-state index < -0.39 is 14.2 Å². The molecule has 0 saturated heterocycles. The number of hydrogen-bond acceptors (Lipinski definition) is 3. The third-order valence-corrected chi connectivity index (χ3v) is 7.07. The molecule has 0 aliphatic rings. The van der Waals surface area contributed by atoms with E-state index in [9.17, 15) is 9.90 Å². The molecule has 6 nitrogen and oxygen atoms in total. The Morgan fingerprint density at radius 3 is 2.57 bits per heavy atom. The van der Waals surface area contributed by atoms with Crippen LogP contribution < -0.4 is 4.90 Å². The Kier molecular flexibility index (Phi) is 6.34. The minimum Gasteiger partial charge on any atom is -0.465 e. The van der Waals surface area contributed by atoms with Crippen LogP contribution in [-0.4, -0.2) is 35.6 Å². The predicted octanol–water partition coefficient (Wildman–Crippen LogP) is 6.59. The third kappa shape index (κ3) is 5.07. The fourth-order valence-corrected chi connectivity index (χ4v) is 4.45. The van der Waals surface area contributed by atoms with Crippen molar-refractivity contribution in [2.24, 2.45) is 0 Å². The summed E-state index contributed by atoms with van der Waals surface area (Å²) in [4.78, 5) is 13.2. The summed E-state index contributed by atoms with van der Waals surface area (Å²) in [6.07, 6.45) is -0.976. The van der Waals surface area contributed by atoms with Crippen molar-refractivity contribution in [3.05, 3.63) is 46.3 Å². The molecule has 0 unspecified atom stereocenters. The number of carboxylic acid groups (broad SMARTS) is 1. The quantitative estimate of drug-likeness (QED) is 0.415. The van der Waals surface area contributed by atoms with Crippen molar-refractivity contribution in [3.8, 4) is 0 Å².